The van der Waals surface area contributed by atoms with Crippen LogP contribution in [0.4, 0.5) is 0 Å². The molecule has 1 amide bonds. The Morgan fingerprint density at radius 1 is 1.26 bits per heavy atom. The fraction of sp³-hybridized carbons (Fsp3) is 0.381. The Morgan fingerprint density at radius 3 is 2.89 bits per heavy atom. The van der Waals surface area contributed by atoms with Gasteiger partial charge < -0.3 is 24.8 Å². The number of rotatable bonds is 2. The number of carbonyl (C=O) groups excluding carboxylic acids is 1. The first-order valence-corrected chi connectivity index (χ1v) is 9.29. The van der Waals surface area contributed by atoms with Crippen molar-refractivity contribution in [3.63, 3.8) is 0 Å². The van der Waals surface area contributed by atoms with Gasteiger partial charge in [-0.25, -0.2) is 0 Å². The third-order valence-electron chi connectivity index (χ3n) is 5.09. The van der Waals surface area contributed by atoms with Gasteiger partial charge in [0.15, 0.2) is 11.5 Å². The molecule has 2 aliphatic rings. The zero-order valence-corrected chi connectivity index (χ0v) is 15.4. The van der Waals surface area contributed by atoms with E-state index in [2.05, 4.69) is 5.32 Å². The molecule has 1 unspecified atom stereocenters. The van der Waals surface area contributed by atoms with E-state index in [4.69, 9.17) is 9.47 Å². The van der Waals surface area contributed by atoms with E-state index in [1.54, 1.807) is 11.0 Å². The molecular formula is C21H24N2O4. The molecule has 0 spiro atoms. The molecule has 2 aliphatic heterocycles. The van der Waals surface area contributed by atoms with Crippen LogP contribution in [0.2, 0.25) is 0 Å². The monoisotopic (exact) mass is 368 g/mol. The Morgan fingerprint density at radius 2 is 2.11 bits per heavy atom. The second-order valence-electron chi connectivity index (χ2n) is 6.97. The molecule has 6 heteroatoms. The lowest BCUT2D eigenvalue weighted by Gasteiger charge is -2.28. The van der Waals surface area contributed by atoms with Crippen molar-refractivity contribution in [2.75, 3.05) is 32.8 Å². The largest absolute Gasteiger partial charge is 0.504 e. The van der Waals surface area contributed by atoms with E-state index < -0.39 is 6.10 Å². The molecule has 2 heterocycles. The number of aromatic hydroxyl groups is 1. The summed E-state index contributed by atoms with van der Waals surface area (Å²) in [7, 11) is 0. The van der Waals surface area contributed by atoms with E-state index in [9.17, 15) is 9.90 Å². The number of hydrogen-bond donors (Lipinski definition) is 2. The molecule has 27 heavy (non-hydrogen) atoms. The number of hydrogen-bond acceptors (Lipinski definition) is 5. The van der Waals surface area contributed by atoms with Gasteiger partial charge in [0.1, 0.15) is 12.7 Å². The van der Waals surface area contributed by atoms with Gasteiger partial charge in [0.2, 0.25) is 0 Å². The average Bonchev–Trinajstić information content (AvgIpc) is 2.91. The summed E-state index contributed by atoms with van der Waals surface area (Å²) in [4.78, 5) is 14.6. The standard InChI is InChI=1S/C21H24N2O4/c1-14-4-2-3-5-17(14)15-10-16-13-23(7-9-27-20(16)18(24)11-15)21(25)19-12-22-6-8-26-19/h2-5,10-11,19,22,24H,6-9,12-13H2,1H3. The SMILES string of the molecule is Cc1ccccc1-c1cc(O)c2c(c1)CN(C(=O)C1CNCCO1)CCO2. The summed E-state index contributed by atoms with van der Waals surface area (Å²) in [5.74, 6) is 0.528. The first kappa shape index (κ1) is 17.8. The molecule has 4 rings (SSSR count). The number of nitrogens with one attached hydrogen (secondary N) is 1. The van der Waals surface area contributed by atoms with Gasteiger partial charge in [0.25, 0.3) is 5.91 Å². The summed E-state index contributed by atoms with van der Waals surface area (Å²) in [6, 6.07) is 11.8. The van der Waals surface area contributed by atoms with Crippen LogP contribution in [0.25, 0.3) is 11.1 Å². The van der Waals surface area contributed by atoms with Crippen LogP contribution in [0.1, 0.15) is 11.1 Å². The van der Waals surface area contributed by atoms with Crippen LogP contribution in [0.5, 0.6) is 11.5 Å². The molecule has 2 aromatic rings. The van der Waals surface area contributed by atoms with Crippen molar-refractivity contribution < 1.29 is 19.4 Å². The van der Waals surface area contributed by atoms with E-state index in [0.29, 0.717) is 38.6 Å². The normalized spacial score (nSPS) is 19.7. The number of phenols is 1. The molecule has 0 aromatic heterocycles. The lowest BCUT2D eigenvalue weighted by atomic mass is 9.97. The maximum Gasteiger partial charge on any atom is 0.253 e. The Kier molecular flexibility index (Phi) is 5.01. The van der Waals surface area contributed by atoms with Gasteiger partial charge in [-0.05, 0) is 35.7 Å². The van der Waals surface area contributed by atoms with Crippen LogP contribution < -0.4 is 10.1 Å². The molecule has 0 saturated carbocycles. The predicted molar refractivity (Wildman–Crippen MR) is 102 cm³/mol. The minimum absolute atomic E-state index is 0.0422. The molecule has 2 N–H and O–H groups in total. The van der Waals surface area contributed by atoms with Crippen LogP contribution in [-0.4, -0.2) is 54.9 Å². The summed E-state index contributed by atoms with van der Waals surface area (Å²) < 4.78 is 11.4. The molecule has 1 fully saturated rings. The molecular weight excluding hydrogens is 344 g/mol. The first-order chi connectivity index (χ1) is 13.1. The van der Waals surface area contributed by atoms with Crippen LogP contribution >= 0.6 is 0 Å². The minimum atomic E-state index is -0.464. The highest BCUT2D eigenvalue weighted by Gasteiger charge is 2.29. The molecule has 0 bridgehead atoms. The fourth-order valence-corrected chi connectivity index (χ4v) is 3.67. The van der Waals surface area contributed by atoms with Gasteiger partial charge in [-0.15, -0.1) is 0 Å². The number of morpholine rings is 1. The Labute approximate surface area is 158 Å². The molecule has 6 nitrogen and oxygen atoms in total. The lowest BCUT2D eigenvalue weighted by molar-refractivity contribution is -0.146. The van der Waals surface area contributed by atoms with Crippen LogP contribution in [0, 0.1) is 6.92 Å². The van der Waals surface area contributed by atoms with Gasteiger partial charge in [-0.1, -0.05) is 24.3 Å². The van der Waals surface area contributed by atoms with Crippen molar-refractivity contribution >= 4 is 5.91 Å². The van der Waals surface area contributed by atoms with Crippen molar-refractivity contribution in [2.24, 2.45) is 0 Å². The van der Waals surface area contributed by atoms with E-state index in [0.717, 1.165) is 28.8 Å². The minimum Gasteiger partial charge on any atom is -0.504 e. The van der Waals surface area contributed by atoms with Crippen molar-refractivity contribution in [1.82, 2.24) is 10.2 Å². The summed E-state index contributed by atoms with van der Waals surface area (Å²) >= 11 is 0. The maximum atomic E-state index is 12.9. The van der Waals surface area contributed by atoms with Gasteiger partial charge in [-0.2, -0.15) is 0 Å². The summed E-state index contributed by atoms with van der Waals surface area (Å²) in [5, 5.41) is 13.7. The Bertz CT molecular complexity index is 846. The average molecular weight is 368 g/mol. The maximum absolute atomic E-state index is 12.9. The summed E-state index contributed by atoms with van der Waals surface area (Å²) in [6.45, 7) is 5.07. The van der Waals surface area contributed by atoms with E-state index in [-0.39, 0.29) is 11.7 Å². The molecule has 0 radical (unpaired) electrons. The smallest absolute Gasteiger partial charge is 0.253 e. The number of benzene rings is 2. The van der Waals surface area contributed by atoms with E-state index in [1.165, 1.54) is 0 Å². The van der Waals surface area contributed by atoms with Crippen LogP contribution in [-0.2, 0) is 16.1 Å². The van der Waals surface area contributed by atoms with Gasteiger partial charge in [0.05, 0.1) is 13.2 Å². The highest BCUT2D eigenvalue weighted by atomic mass is 16.5. The fourth-order valence-electron chi connectivity index (χ4n) is 3.67. The first-order valence-electron chi connectivity index (χ1n) is 9.29. The van der Waals surface area contributed by atoms with Crippen LogP contribution in [0.3, 0.4) is 0 Å². The molecule has 1 saturated heterocycles. The second kappa shape index (κ2) is 7.58. The van der Waals surface area contributed by atoms with Crippen molar-refractivity contribution in [3.05, 3.63) is 47.5 Å². The number of phenolic OH excluding ortho intramolecular Hbond substituents is 1. The number of amides is 1. The number of nitrogens with zero attached hydrogens (tertiary/aromatic N) is 1. The van der Waals surface area contributed by atoms with Gasteiger partial charge >= 0.3 is 0 Å². The quantitative estimate of drug-likeness (QED) is 0.849. The third kappa shape index (κ3) is 3.63. The topological polar surface area (TPSA) is 71.0 Å². The number of carbonyl (C=O) groups is 1. The number of fused-ring (bicyclic) bond motifs is 1. The Balaban J connectivity index is 1.65. The molecule has 142 valence electrons. The van der Waals surface area contributed by atoms with Gasteiger partial charge in [-0.3, -0.25) is 4.79 Å². The highest BCUT2D eigenvalue weighted by molar-refractivity contribution is 5.82. The lowest BCUT2D eigenvalue weighted by Crippen LogP contribution is -2.49. The summed E-state index contributed by atoms with van der Waals surface area (Å²) in [5.41, 5.74) is 3.90. The third-order valence-corrected chi connectivity index (χ3v) is 5.09. The second-order valence-corrected chi connectivity index (χ2v) is 6.97. The number of aryl methyl sites for hydroxylation is 1. The highest BCUT2D eigenvalue weighted by Crippen LogP contribution is 2.38. The van der Waals surface area contributed by atoms with E-state index in [1.807, 2.05) is 37.3 Å². The van der Waals surface area contributed by atoms with E-state index >= 15 is 0 Å². The van der Waals surface area contributed by atoms with Crippen molar-refractivity contribution in [1.29, 1.82) is 0 Å². The van der Waals surface area contributed by atoms with Crippen molar-refractivity contribution in [3.8, 4) is 22.6 Å². The van der Waals surface area contributed by atoms with Crippen molar-refractivity contribution in [2.45, 2.75) is 19.6 Å². The summed E-state index contributed by atoms with van der Waals surface area (Å²) in [6.07, 6.45) is -0.464. The predicted octanol–water partition coefficient (Wildman–Crippen LogP) is 2.08. The zero-order valence-electron chi connectivity index (χ0n) is 15.4. The molecule has 2 aromatic carbocycles. The molecule has 0 aliphatic carbocycles. The zero-order chi connectivity index (χ0) is 18.8. The Hall–Kier alpha value is -2.57. The van der Waals surface area contributed by atoms with Crippen LogP contribution in [0.15, 0.2) is 36.4 Å². The number of ether oxygens (including phenoxy) is 2. The van der Waals surface area contributed by atoms with Gasteiger partial charge in [0, 0.05) is 25.2 Å². The molecule has 1 atom stereocenters.